The fourth-order valence-electron chi connectivity index (χ4n) is 3.53. The van der Waals surface area contributed by atoms with E-state index in [0.717, 1.165) is 6.07 Å². The van der Waals surface area contributed by atoms with Gasteiger partial charge in [-0.1, -0.05) is 24.3 Å². The van der Waals surface area contributed by atoms with Gasteiger partial charge in [0.05, 0.1) is 40.6 Å². The summed E-state index contributed by atoms with van der Waals surface area (Å²) in [7, 11) is -4.94. The number of ketones is 2. The second kappa shape index (κ2) is 7.58. The third kappa shape index (κ3) is 3.28. The van der Waals surface area contributed by atoms with Gasteiger partial charge >= 0.3 is 29.6 Å². The number of benzene rings is 2. The van der Waals surface area contributed by atoms with Crippen molar-refractivity contribution in [1.82, 2.24) is 0 Å². The van der Waals surface area contributed by atoms with Crippen molar-refractivity contribution < 1.29 is 56.9 Å². The minimum atomic E-state index is -4.94. The first-order chi connectivity index (χ1) is 12.8. The Kier molecular flexibility index (Phi) is 5.68. The second-order valence-electron chi connectivity index (χ2n) is 6.31. The van der Waals surface area contributed by atoms with Crippen molar-refractivity contribution in [3.63, 3.8) is 0 Å². The average Bonchev–Trinajstić information content (AvgIpc) is 2.65. The molecule has 1 fully saturated rings. The largest absolute Gasteiger partial charge is 1.00 e. The molecule has 1 aliphatic heterocycles. The maximum absolute atomic E-state index is 13.1. The van der Waals surface area contributed by atoms with Crippen LogP contribution in [0.2, 0.25) is 0 Å². The number of ether oxygens (including phenoxy) is 1. The maximum Gasteiger partial charge on any atom is 1.00 e. The van der Waals surface area contributed by atoms with Crippen molar-refractivity contribution in [1.29, 1.82) is 0 Å². The van der Waals surface area contributed by atoms with E-state index in [9.17, 15) is 22.6 Å². The van der Waals surface area contributed by atoms with Gasteiger partial charge in [-0.2, -0.15) is 0 Å². The molecule has 1 saturated heterocycles. The number of carbonyl (C=O) groups is 2. The number of morpholine rings is 1. The molecule has 0 spiro atoms. The summed E-state index contributed by atoms with van der Waals surface area (Å²) in [6.07, 6.45) is 0. The first kappa shape index (κ1) is 21.0. The van der Waals surface area contributed by atoms with Gasteiger partial charge < -0.3 is 19.9 Å². The van der Waals surface area contributed by atoms with Crippen molar-refractivity contribution in [2.45, 2.75) is 4.90 Å². The van der Waals surface area contributed by atoms with Crippen LogP contribution in [0.15, 0.2) is 35.2 Å². The van der Waals surface area contributed by atoms with E-state index in [2.05, 4.69) is 0 Å². The molecule has 1 heterocycles. The fraction of sp³-hybridized carbons (Fsp3) is 0.222. The van der Waals surface area contributed by atoms with Crippen LogP contribution in [-0.4, -0.2) is 50.8 Å². The van der Waals surface area contributed by atoms with Gasteiger partial charge in [-0.05, 0) is 6.07 Å². The number of hydrogen-bond acceptors (Lipinski definition) is 8. The van der Waals surface area contributed by atoms with Gasteiger partial charge in [0.25, 0.3) is 0 Å². The number of hydrogen-bond donors (Lipinski definition) is 1. The van der Waals surface area contributed by atoms with E-state index in [1.54, 1.807) is 17.0 Å². The summed E-state index contributed by atoms with van der Waals surface area (Å²) in [6.45, 7) is 1.52. The zero-order valence-corrected chi connectivity index (χ0v) is 17.9. The molecule has 8 nitrogen and oxygen atoms in total. The summed E-state index contributed by atoms with van der Waals surface area (Å²) in [5.74, 6) is -0.999. The molecule has 28 heavy (non-hydrogen) atoms. The van der Waals surface area contributed by atoms with Crippen LogP contribution in [0.25, 0.3) is 0 Å². The Morgan fingerprint density at radius 3 is 2.07 bits per heavy atom. The minimum Gasteiger partial charge on any atom is -0.744 e. The van der Waals surface area contributed by atoms with Crippen LogP contribution in [0.5, 0.6) is 0 Å². The molecule has 0 aromatic heterocycles. The summed E-state index contributed by atoms with van der Waals surface area (Å²) in [5, 5.41) is 0. The number of nitrogen functional groups attached to an aromatic ring is 1. The average molecular weight is 410 g/mol. The predicted molar refractivity (Wildman–Crippen MR) is 95.2 cm³/mol. The quantitative estimate of drug-likeness (QED) is 0.286. The van der Waals surface area contributed by atoms with E-state index in [4.69, 9.17) is 10.5 Å². The normalized spacial score (nSPS) is 16.2. The maximum atomic E-state index is 13.1. The Bertz CT molecular complexity index is 1090. The fourth-order valence-corrected chi connectivity index (χ4v) is 4.16. The molecule has 140 valence electrons. The zero-order valence-electron chi connectivity index (χ0n) is 15.1. The Balaban J connectivity index is 0.00000225. The Morgan fingerprint density at radius 1 is 1.00 bits per heavy atom. The van der Waals surface area contributed by atoms with E-state index >= 15 is 0 Å². The topological polar surface area (TPSA) is 130 Å². The predicted octanol–water partition coefficient (Wildman–Crippen LogP) is -2.21. The van der Waals surface area contributed by atoms with Gasteiger partial charge in [0.15, 0.2) is 11.6 Å². The minimum absolute atomic E-state index is 0. The van der Waals surface area contributed by atoms with Crippen LogP contribution in [0, 0.1) is 0 Å². The first-order valence-electron chi connectivity index (χ1n) is 8.24. The molecule has 10 heteroatoms. The summed E-state index contributed by atoms with van der Waals surface area (Å²) < 4.78 is 40.5. The molecular weight excluding hydrogens is 395 g/mol. The van der Waals surface area contributed by atoms with Crippen molar-refractivity contribution in [2.75, 3.05) is 36.9 Å². The SMILES string of the molecule is Nc1c(S(=O)(=O)[O-])cc(N2CCOCC2)c2c1C(=O)c1ccccc1C2=O.[Na+]. The van der Waals surface area contributed by atoms with Gasteiger partial charge in [0.2, 0.25) is 0 Å². The number of fused-ring (bicyclic) bond motifs is 2. The van der Waals surface area contributed by atoms with Crippen LogP contribution < -0.4 is 40.2 Å². The zero-order chi connectivity index (χ0) is 19.3. The molecule has 2 aromatic carbocycles. The Hall–Kier alpha value is -1.75. The van der Waals surface area contributed by atoms with E-state index in [0.29, 0.717) is 26.3 Å². The van der Waals surface area contributed by atoms with Crippen LogP contribution in [0.4, 0.5) is 11.4 Å². The van der Waals surface area contributed by atoms with E-state index in [1.165, 1.54) is 12.1 Å². The third-order valence-electron chi connectivity index (χ3n) is 4.80. The van der Waals surface area contributed by atoms with Crippen LogP contribution in [0.1, 0.15) is 31.8 Å². The van der Waals surface area contributed by atoms with Crippen LogP contribution >= 0.6 is 0 Å². The molecule has 2 aromatic rings. The molecular formula is C18H15N2NaO6S. The number of carbonyl (C=O) groups excluding carboxylic acids is 2. The molecule has 0 atom stereocenters. The molecule has 1 aliphatic carbocycles. The number of nitrogens with zero attached hydrogens (tertiary/aromatic N) is 1. The first-order valence-corrected chi connectivity index (χ1v) is 9.65. The summed E-state index contributed by atoms with van der Waals surface area (Å²) >= 11 is 0. The molecule has 0 radical (unpaired) electrons. The van der Waals surface area contributed by atoms with Gasteiger partial charge in [0, 0.05) is 24.2 Å². The number of rotatable bonds is 2. The standard InChI is InChI=1S/C18H16N2O6S.Na/c19-16-13(27(23,24)25)9-12(20-5-7-26-8-6-20)14-15(16)18(22)11-4-2-1-3-10(11)17(14)21;/h1-4,9H,5-8,19H2,(H,23,24,25);/q;+1/p-1. The van der Waals surface area contributed by atoms with Crippen molar-refractivity contribution in [3.8, 4) is 0 Å². The molecule has 0 saturated carbocycles. The smallest absolute Gasteiger partial charge is 0.744 e. The summed E-state index contributed by atoms with van der Waals surface area (Å²) in [4.78, 5) is 27.2. The van der Waals surface area contributed by atoms with E-state index < -0.39 is 32.3 Å². The van der Waals surface area contributed by atoms with Gasteiger partial charge in [-0.15, -0.1) is 0 Å². The Morgan fingerprint density at radius 2 is 1.54 bits per heavy atom. The molecule has 2 N–H and O–H groups in total. The molecule has 0 unspecified atom stereocenters. The summed E-state index contributed by atoms with van der Waals surface area (Å²) in [6, 6.07) is 7.35. The summed E-state index contributed by atoms with van der Waals surface area (Å²) in [5.41, 5.74) is 5.80. The van der Waals surface area contributed by atoms with E-state index in [1.807, 2.05) is 0 Å². The van der Waals surface area contributed by atoms with Crippen molar-refractivity contribution in [3.05, 3.63) is 52.6 Å². The second-order valence-corrected chi connectivity index (χ2v) is 7.66. The van der Waals surface area contributed by atoms with Gasteiger partial charge in [0.1, 0.15) is 10.1 Å². The van der Waals surface area contributed by atoms with Crippen LogP contribution in [-0.2, 0) is 14.9 Å². The van der Waals surface area contributed by atoms with Crippen LogP contribution in [0.3, 0.4) is 0 Å². The Labute approximate surface area is 183 Å². The number of nitrogens with two attached hydrogens (primary N) is 1. The molecule has 0 amide bonds. The molecule has 4 rings (SSSR count). The number of anilines is 2. The van der Waals surface area contributed by atoms with E-state index in [-0.39, 0.29) is 57.5 Å². The third-order valence-corrected chi connectivity index (χ3v) is 5.68. The van der Waals surface area contributed by atoms with Gasteiger partial charge in [-0.25, -0.2) is 8.42 Å². The van der Waals surface area contributed by atoms with Crippen molar-refractivity contribution in [2.24, 2.45) is 0 Å². The molecule has 0 bridgehead atoms. The molecule has 2 aliphatic rings. The van der Waals surface area contributed by atoms with Gasteiger partial charge in [-0.3, -0.25) is 9.59 Å². The van der Waals surface area contributed by atoms with Crippen molar-refractivity contribution >= 4 is 33.1 Å². The monoisotopic (exact) mass is 410 g/mol.